The van der Waals surface area contributed by atoms with Gasteiger partial charge in [-0.25, -0.2) is 4.39 Å². The fourth-order valence-corrected chi connectivity index (χ4v) is 3.68. The highest BCUT2D eigenvalue weighted by molar-refractivity contribution is 5.66. The number of aromatic nitrogens is 5. The highest BCUT2D eigenvalue weighted by atomic mass is 19.1. The fraction of sp³-hybridized carbons (Fsp3) is 0.238. The predicted molar refractivity (Wildman–Crippen MR) is 107 cm³/mol. The summed E-state index contributed by atoms with van der Waals surface area (Å²) in [5.41, 5.74) is 3.45. The lowest BCUT2D eigenvalue weighted by Crippen LogP contribution is -2.41. The Hall–Kier alpha value is -3.75. The first-order valence-corrected chi connectivity index (χ1v) is 9.56. The molecule has 0 unspecified atom stereocenters. The average Bonchev–Trinajstić information content (AvgIpc) is 3.40. The summed E-state index contributed by atoms with van der Waals surface area (Å²) < 4.78 is 24.8. The number of hydrogen-bond donors (Lipinski definition) is 0. The quantitative estimate of drug-likeness (QED) is 0.499. The minimum absolute atomic E-state index is 0.0816. The molecule has 4 aromatic rings. The van der Waals surface area contributed by atoms with Crippen LogP contribution in [0, 0.1) is 12.7 Å². The van der Waals surface area contributed by atoms with E-state index in [-0.39, 0.29) is 11.8 Å². The van der Waals surface area contributed by atoms with E-state index in [4.69, 9.17) is 9.26 Å². The second-order valence-corrected chi connectivity index (χ2v) is 7.09. The van der Waals surface area contributed by atoms with Gasteiger partial charge >= 0.3 is 0 Å². The molecule has 3 heterocycles. The van der Waals surface area contributed by atoms with Gasteiger partial charge in [-0.15, -0.1) is 4.80 Å². The average molecular weight is 406 g/mol. The van der Waals surface area contributed by atoms with E-state index in [0.29, 0.717) is 17.3 Å². The van der Waals surface area contributed by atoms with Crippen molar-refractivity contribution in [2.45, 2.75) is 19.4 Å². The second-order valence-electron chi connectivity index (χ2n) is 7.09. The molecule has 0 amide bonds. The molecule has 1 saturated heterocycles. The Morgan fingerprint density at radius 3 is 2.70 bits per heavy atom. The summed E-state index contributed by atoms with van der Waals surface area (Å²) in [6.07, 6.45) is 4.16. The number of methoxy groups -OCH3 is 1. The molecule has 30 heavy (non-hydrogen) atoms. The van der Waals surface area contributed by atoms with Crippen molar-refractivity contribution in [3.8, 4) is 22.8 Å². The van der Waals surface area contributed by atoms with E-state index in [2.05, 4.69) is 31.3 Å². The zero-order chi connectivity index (χ0) is 20.7. The molecule has 8 nitrogen and oxygen atoms in total. The highest BCUT2D eigenvalue weighted by Gasteiger charge is 2.36. The van der Waals surface area contributed by atoms with Gasteiger partial charge in [-0.1, -0.05) is 17.3 Å². The summed E-state index contributed by atoms with van der Waals surface area (Å²) in [5.74, 6) is 0.402. The third-order valence-corrected chi connectivity index (χ3v) is 5.23. The molecule has 0 aliphatic carbocycles. The molecule has 1 atom stereocenters. The Morgan fingerprint density at radius 2 is 1.97 bits per heavy atom. The lowest BCUT2D eigenvalue weighted by atomic mass is 10.00. The van der Waals surface area contributed by atoms with Crippen molar-refractivity contribution in [1.29, 1.82) is 0 Å². The van der Waals surface area contributed by atoms with Crippen LogP contribution in [0.4, 0.5) is 10.1 Å². The first-order valence-electron chi connectivity index (χ1n) is 9.56. The van der Waals surface area contributed by atoms with E-state index in [9.17, 15) is 4.39 Å². The largest absolute Gasteiger partial charge is 0.493 e. The van der Waals surface area contributed by atoms with E-state index in [1.165, 1.54) is 13.2 Å². The number of anilines is 1. The van der Waals surface area contributed by atoms with Gasteiger partial charge in [0.05, 0.1) is 30.8 Å². The van der Waals surface area contributed by atoms with Crippen LogP contribution in [-0.4, -0.2) is 38.8 Å². The molecule has 9 heteroatoms. The standard InChI is InChI=1S/C21H19FN6O2/c1-13-6-7-16(28-23-9-10-24-28)18(12-13)27-11-8-17(27)21-25-20(26-30-21)14-4-3-5-15(22)19(14)29-2/h3-7,9-10,12,17H,8,11H2,1-2H3/t17-/m0/s1. The SMILES string of the molecule is COc1c(F)cccc1-c1noc([C@@H]2CCN2c2cc(C)ccc2-n2nccn2)n1. The molecule has 0 N–H and O–H groups in total. The Morgan fingerprint density at radius 1 is 1.13 bits per heavy atom. The van der Waals surface area contributed by atoms with Crippen molar-refractivity contribution in [2.75, 3.05) is 18.6 Å². The van der Waals surface area contributed by atoms with Gasteiger partial charge in [0.25, 0.3) is 0 Å². The number of hydrogen-bond acceptors (Lipinski definition) is 7. The van der Waals surface area contributed by atoms with Crippen LogP contribution in [0.3, 0.4) is 0 Å². The summed E-state index contributed by atoms with van der Waals surface area (Å²) in [5, 5.41) is 12.6. The molecule has 1 fully saturated rings. The van der Waals surface area contributed by atoms with Gasteiger partial charge in [-0.2, -0.15) is 15.2 Å². The van der Waals surface area contributed by atoms with Gasteiger partial charge in [0.1, 0.15) is 11.7 Å². The molecule has 1 aliphatic heterocycles. The van der Waals surface area contributed by atoms with Gasteiger partial charge in [0, 0.05) is 6.54 Å². The second kappa shape index (κ2) is 7.25. The van der Waals surface area contributed by atoms with Gasteiger partial charge in [-0.3, -0.25) is 0 Å². The van der Waals surface area contributed by atoms with E-state index in [1.54, 1.807) is 29.3 Å². The zero-order valence-corrected chi connectivity index (χ0v) is 16.5. The first-order chi connectivity index (χ1) is 14.7. The number of nitrogens with zero attached hydrogens (tertiary/aromatic N) is 6. The van der Waals surface area contributed by atoms with Gasteiger partial charge < -0.3 is 14.2 Å². The molecule has 0 bridgehead atoms. The van der Waals surface area contributed by atoms with E-state index in [0.717, 1.165) is 29.9 Å². The summed E-state index contributed by atoms with van der Waals surface area (Å²) in [4.78, 5) is 8.32. The van der Waals surface area contributed by atoms with Crippen LogP contribution >= 0.6 is 0 Å². The third-order valence-electron chi connectivity index (χ3n) is 5.23. The molecule has 5 rings (SSSR count). The summed E-state index contributed by atoms with van der Waals surface area (Å²) >= 11 is 0. The van der Waals surface area contributed by atoms with Crippen molar-refractivity contribution >= 4 is 5.69 Å². The van der Waals surface area contributed by atoms with E-state index < -0.39 is 5.82 Å². The maximum Gasteiger partial charge on any atom is 0.249 e. The first kappa shape index (κ1) is 18.3. The molecule has 0 saturated carbocycles. The lowest BCUT2D eigenvalue weighted by Gasteiger charge is -2.41. The van der Waals surface area contributed by atoms with Crippen LogP contribution in [0.25, 0.3) is 17.1 Å². The Balaban J connectivity index is 1.49. The minimum Gasteiger partial charge on any atom is -0.493 e. The van der Waals surface area contributed by atoms with Gasteiger partial charge in [0.2, 0.25) is 11.7 Å². The van der Waals surface area contributed by atoms with E-state index in [1.807, 2.05) is 19.1 Å². The van der Waals surface area contributed by atoms with Gasteiger partial charge in [0.15, 0.2) is 11.6 Å². The highest BCUT2D eigenvalue weighted by Crippen LogP contribution is 2.41. The number of halogens is 1. The molecule has 2 aromatic heterocycles. The Labute approximate surface area is 171 Å². The summed E-state index contributed by atoms with van der Waals surface area (Å²) in [6, 6.07) is 10.7. The van der Waals surface area contributed by atoms with Crippen LogP contribution < -0.4 is 9.64 Å². The van der Waals surface area contributed by atoms with Crippen LogP contribution in [0.2, 0.25) is 0 Å². The molecular formula is C21H19FN6O2. The maximum atomic E-state index is 14.0. The van der Waals surface area contributed by atoms with Crippen LogP contribution in [0.5, 0.6) is 5.75 Å². The van der Waals surface area contributed by atoms with Crippen molar-refractivity contribution in [3.05, 3.63) is 66.1 Å². The van der Waals surface area contributed by atoms with E-state index >= 15 is 0 Å². The number of para-hydroxylation sites is 1. The smallest absolute Gasteiger partial charge is 0.249 e. The van der Waals surface area contributed by atoms with Crippen molar-refractivity contribution in [2.24, 2.45) is 0 Å². The number of ether oxygens (including phenoxy) is 1. The molecule has 1 aliphatic rings. The van der Waals surface area contributed by atoms with Crippen molar-refractivity contribution in [1.82, 2.24) is 25.1 Å². The van der Waals surface area contributed by atoms with Crippen molar-refractivity contribution in [3.63, 3.8) is 0 Å². The number of aryl methyl sites for hydroxylation is 1. The van der Waals surface area contributed by atoms with Crippen molar-refractivity contribution < 1.29 is 13.7 Å². The normalized spacial score (nSPS) is 15.8. The molecule has 0 radical (unpaired) electrons. The summed E-state index contributed by atoms with van der Waals surface area (Å²) in [7, 11) is 1.42. The predicted octanol–water partition coefficient (Wildman–Crippen LogP) is 3.72. The van der Waals surface area contributed by atoms with Crippen LogP contribution in [-0.2, 0) is 0 Å². The zero-order valence-electron chi connectivity index (χ0n) is 16.5. The number of benzene rings is 2. The monoisotopic (exact) mass is 406 g/mol. The Bertz CT molecular complexity index is 1190. The molecule has 152 valence electrons. The van der Waals surface area contributed by atoms with Crippen LogP contribution in [0.1, 0.15) is 23.9 Å². The topological polar surface area (TPSA) is 82.1 Å². The molecule has 0 spiro atoms. The third kappa shape index (κ3) is 2.99. The Kier molecular flexibility index (Phi) is 4.42. The molecule has 2 aromatic carbocycles. The fourth-order valence-electron chi connectivity index (χ4n) is 3.68. The number of rotatable bonds is 5. The maximum absolute atomic E-state index is 14.0. The molecular weight excluding hydrogens is 387 g/mol. The van der Waals surface area contributed by atoms with Gasteiger partial charge in [-0.05, 0) is 43.2 Å². The summed E-state index contributed by atoms with van der Waals surface area (Å²) in [6.45, 7) is 2.88. The van der Waals surface area contributed by atoms with Crippen LogP contribution in [0.15, 0.2) is 53.3 Å². The minimum atomic E-state index is -0.470. The lowest BCUT2D eigenvalue weighted by molar-refractivity contribution is 0.309.